The summed E-state index contributed by atoms with van der Waals surface area (Å²) in [4.78, 5) is 2.04. The van der Waals surface area contributed by atoms with Gasteiger partial charge in [-0.2, -0.15) is 13.2 Å². The number of nitrogens with one attached hydrogen (secondary N) is 1. The number of benzene rings is 1. The minimum Gasteiger partial charge on any atom is -0.314 e. The Kier molecular flexibility index (Phi) is 10.2. The minimum atomic E-state index is -4.46. The third kappa shape index (κ3) is 6.06. The molecule has 8 heteroatoms. The molecule has 1 fully saturated rings. The number of piperazine rings is 1. The van der Waals surface area contributed by atoms with Crippen LogP contribution in [0.25, 0.3) is 0 Å². The fraction of sp³-hybridized carbons (Fsp3) is 0.625. The fourth-order valence-electron chi connectivity index (χ4n) is 2.99. The molecule has 24 heavy (non-hydrogen) atoms. The summed E-state index contributed by atoms with van der Waals surface area (Å²) in [6, 6.07) is 2.44. The molecule has 1 aromatic rings. The van der Waals surface area contributed by atoms with Crippen LogP contribution in [0.5, 0.6) is 0 Å². The Bertz CT molecular complexity index is 491. The van der Waals surface area contributed by atoms with Crippen LogP contribution in [0.4, 0.5) is 17.6 Å². The van der Waals surface area contributed by atoms with E-state index in [2.05, 4.69) is 5.32 Å². The summed E-state index contributed by atoms with van der Waals surface area (Å²) in [7, 11) is 0. The highest BCUT2D eigenvalue weighted by Crippen LogP contribution is 2.38. The molecule has 1 aromatic carbocycles. The minimum absolute atomic E-state index is 0. The fourth-order valence-corrected chi connectivity index (χ4v) is 2.99. The molecule has 0 spiro atoms. The Balaban J connectivity index is 0.00000264. The first-order valence-electron chi connectivity index (χ1n) is 7.75. The molecule has 140 valence electrons. The lowest BCUT2D eigenvalue weighted by Gasteiger charge is -2.36. The van der Waals surface area contributed by atoms with Crippen LogP contribution in [0.15, 0.2) is 18.2 Å². The van der Waals surface area contributed by atoms with Crippen LogP contribution >= 0.6 is 24.8 Å². The molecular weight excluding hydrogens is 367 g/mol. The number of rotatable bonds is 5. The summed E-state index contributed by atoms with van der Waals surface area (Å²) in [6.45, 7) is 4.87. The standard InChI is InChI=1S/C16H22F4N2.2ClH/c1-2-3-4-15(22-9-7-21-8-10-22)13-11-12(17)5-6-14(13)16(18,19)20;;/h5-6,11,15,21H,2-4,7-10H2,1H3;2*1H/t15-;;/m0../s1. The van der Waals surface area contributed by atoms with E-state index in [0.717, 1.165) is 44.1 Å². The lowest BCUT2D eigenvalue weighted by molar-refractivity contribution is -0.138. The Morgan fingerprint density at radius 1 is 1.17 bits per heavy atom. The van der Waals surface area contributed by atoms with Crippen molar-refractivity contribution in [2.45, 2.75) is 38.4 Å². The summed E-state index contributed by atoms with van der Waals surface area (Å²) >= 11 is 0. The molecule has 0 radical (unpaired) electrons. The number of unbranched alkanes of at least 4 members (excludes halogenated alkanes) is 1. The van der Waals surface area contributed by atoms with Crippen LogP contribution in [-0.2, 0) is 6.18 Å². The molecule has 2 rings (SSSR count). The molecule has 1 atom stereocenters. The Labute approximate surface area is 152 Å². The molecule has 0 aliphatic carbocycles. The van der Waals surface area contributed by atoms with Gasteiger partial charge in [0.05, 0.1) is 5.56 Å². The van der Waals surface area contributed by atoms with Gasteiger partial charge in [0.25, 0.3) is 0 Å². The zero-order valence-electron chi connectivity index (χ0n) is 13.5. The first-order chi connectivity index (χ1) is 10.4. The maximum atomic E-state index is 13.6. The number of hydrogen-bond acceptors (Lipinski definition) is 2. The topological polar surface area (TPSA) is 15.3 Å². The molecule has 1 saturated heterocycles. The number of halogens is 6. The van der Waals surface area contributed by atoms with Crippen molar-refractivity contribution in [3.05, 3.63) is 35.1 Å². The summed E-state index contributed by atoms with van der Waals surface area (Å²) in [6.07, 6.45) is -2.12. The molecule has 1 N–H and O–H groups in total. The van der Waals surface area contributed by atoms with E-state index in [-0.39, 0.29) is 36.4 Å². The zero-order chi connectivity index (χ0) is 16.2. The van der Waals surface area contributed by atoms with Crippen LogP contribution in [0.1, 0.15) is 43.4 Å². The highest BCUT2D eigenvalue weighted by Gasteiger charge is 2.36. The zero-order valence-corrected chi connectivity index (χ0v) is 15.2. The van der Waals surface area contributed by atoms with Gasteiger partial charge in [-0.05, 0) is 30.2 Å². The molecule has 1 heterocycles. The van der Waals surface area contributed by atoms with Crippen molar-refractivity contribution in [1.82, 2.24) is 10.2 Å². The van der Waals surface area contributed by atoms with Gasteiger partial charge in [0, 0.05) is 32.2 Å². The van der Waals surface area contributed by atoms with Crippen LogP contribution in [0.3, 0.4) is 0 Å². The lowest BCUT2D eigenvalue weighted by atomic mass is 9.94. The second-order valence-corrected chi connectivity index (χ2v) is 5.67. The van der Waals surface area contributed by atoms with Crippen LogP contribution < -0.4 is 5.32 Å². The average Bonchev–Trinajstić information content (AvgIpc) is 2.47. The second kappa shape index (κ2) is 10.4. The van der Waals surface area contributed by atoms with Crippen molar-refractivity contribution in [2.24, 2.45) is 0 Å². The van der Waals surface area contributed by atoms with Crippen LogP contribution in [-0.4, -0.2) is 31.1 Å². The van der Waals surface area contributed by atoms with Gasteiger partial charge in [-0.3, -0.25) is 4.90 Å². The van der Waals surface area contributed by atoms with E-state index in [9.17, 15) is 17.6 Å². The summed E-state index contributed by atoms with van der Waals surface area (Å²) in [5.74, 6) is -0.611. The van der Waals surface area contributed by atoms with Gasteiger partial charge in [0.1, 0.15) is 5.82 Å². The molecule has 0 amide bonds. The van der Waals surface area contributed by atoms with Gasteiger partial charge >= 0.3 is 6.18 Å². The third-order valence-electron chi connectivity index (χ3n) is 4.10. The maximum absolute atomic E-state index is 13.6. The van der Waals surface area contributed by atoms with E-state index < -0.39 is 17.6 Å². The van der Waals surface area contributed by atoms with Gasteiger partial charge in [0.15, 0.2) is 0 Å². The summed E-state index contributed by atoms with van der Waals surface area (Å²) in [5.41, 5.74) is -0.642. The van der Waals surface area contributed by atoms with Crippen molar-refractivity contribution >= 4 is 24.8 Å². The molecule has 0 bridgehead atoms. The predicted octanol–water partition coefficient (Wildman–Crippen LogP) is 4.82. The van der Waals surface area contributed by atoms with E-state index >= 15 is 0 Å². The number of hydrogen-bond donors (Lipinski definition) is 1. The molecule has 0 saturated carbocycles. The number of nitrogens with zero attached hydrogens (tertiary/aromatic N) is 1. The Morgan fingerprint density at radius 2 is 1.79 bits per heavy atom. The van der Waals surface area contributed by atoms with Gasteiger partial charge in [-0.1, -0.05) is 19.8 Å². The van der Waals surface area contributed by atoms with Crippen molar-refractivity contribution in [3.8, 4) is 0 Å². The highest BCUT2D eigenvalue weighted by atomic mass is 35.5. The van der Waals surface area contributed by atoms with E-state index in [1.54, 1.807) is 0 Å². The van der Waals surface area contributed by atoms with Crippen LogP contribution in [0.2, 0.25) is 0 Å². The van der Waals surface area contributed by atoms with E-state index in [1.807, 2.05) is 11.8 Å². The average molecular weight is 391 g/mol. The highest BCUT2D eigenvalue weighted by molar-refractivity contribution is 5.85. The summed E-state index contributed by atoms with van der Waals surface area (Å²) < 4.78 is 53.4. The van der Waals surface area contributed by atoms with E-state index in [4.69, 9.17) is 0 Å². The first kappa shape index (κ1) is 23.4. The Morgan fingerprint density at radius 3 is 2.33 bits per heavy atom. The lowest BCUT2D eigenvalue weighted by Crippen LogP contribution is -2.45. The monoisotopic (exact) mass is 390 g/mol. The van der Waals surface area contributed by atoms with Gasteiger partial charge in [-0.15, -0.1) is 24.8 Å². The van der Waals surface area contributed by atoms with Gasteiger partial charge in [0.2, 0.25) is 0 Å². The van der Waals surface area contributed by atoms with E-state index in [1.165, 1.54) is 0 Å². The molecular formula is C16H24Cl2F4N2. The predicted molar refractivity (Wildman–Crippen MR) is 92.6 cm³/mol. The molecule has 1 aliphatic heterocycles. The first-order valence-corrected chi connectivity index (χ1v) is 7.75. The van der Waals surface area contributed by atoms with Crippen molar-refractivity contribution in [1.29, 1.82) is 0 Å². The van der Waals surface area contributed by atoms with Crippen molar-refractivity contribution in [2.75, 3.05) is 26.2 Å². The maximum Gasteiger partial charge on any atom is 0.416 e. The molecule has 0 unspecified atom stereocenters. The van der Waals surface area contributed by atoms with Crippen LogP contribution in [0, 0.1) is 5.82 Å². The van der Waals surface area contributed by atoms with Gasteiger partial charge < -0.3 is 5.32 Å². The third-order valence-corrected chi connectivity index (χ3v) is 4.10. The normalized spacial score (nSPS) is 16.9. The molecule has 1 aliphatic rings. The van der Waals surface area contributed by atoms with Crippen molar-refractivity contribution in [3.63, 3.8) is 0 Å². The SMILES string of the molecule is CCCC[C@@H](c1cc(F)ccc1C(F)(F)F)N1CCNCC1.Cl.Cl. The largest absolute Gasteiger partial charge is 0.416 e. The smallest absolute Gasteiger partial charge is 0.314 e. The Hall–Kier alpha value is -0.560. The molecule has 0 aromatic heterocycles. The second-order valence-electron chi connectivity index (χ2n) is 5.67. The van der Waals surface area contributed by atoms with Gasteiger partial charge in [-0.25, -0.2) is 4.39 Å². The summed E-state index contributed by atoms with van der Waals surface area (Å²) in [5, 5.41) is 3.20. The van der Waals surface area contributed by atoms with E-state index in [0.29, 0.717) is 19.5 Å². The van der Waals surface area contributed by atoms with Crippen molar-refractivity contribution < 1.29 is 17.6 Å². The molecule has 2 nitrogen and oxygen atoms in total. The number of alkyl halides is 3. The quantitative estimate of drug-likeness (QED) is 0.724.